The molecule has 1 unspecified atom stereocenters. The molecule has 3 heterocycles. The second kappa shape index (κ2) is 6.11. The molecule has 0 saturated heterocycles. The van der Waals surface area contributed by atoms with Crippen LogP contribution in [0.15, 0.2) is 52.4 Å². The molecule has 0 spiro atoms. The van der Waals surface area contributed by atoms with Crippen LogP contribution in [-0.2, 0) is 6.54 Å². The molecule has 1 atom stereocenters. The SMILES string of the molecule is CC(CNCc1ccco1)Sc1nnc2ccccn12. The minimum atomic E-state index is 0.401. The molecule has 0 aliphatic rings. The summed E-state index contributed by atoms with van der Waals surface area (Å²) in [7, 11) is 0. The van der Waals surface area contributed by atoms with Crippen LogP contribution in [0.4, 0.5) is 0 Å². The fraction of sp³-hybridized carbons (Fsp3) is 0.286. The number of fused-ring (bicyclic) bond motifs is 1. The van der Waals surface area contributed by atoms with Gasteiger partial charge in [0.1, 0.15) is 5.76 Å². The smallest absolute Gasteiger partial charge is 0.195 e. The monoisotopic (exact) mass is 288 g/mol. The zero-order valence-corrected chi connectivity index (χ0v) is 12.0. The highest BCUT2D eigenvalue weighted by atomic mass is 32.2. The molecular formula is C14H16N4OS. The maximum absolute atomic E-state index is 5.28. The van der Waals surface area contributed by atoms with Gasteiger partial charge in [0.15, 0.2) is 10.8 Å². The predicted molar refractivity (Wildman–Crippen MR) is 78.7 cm³/mol. The van der Waals surface area contributed by atoms with E-state index in [2.05, 4.69) is 22.4 Å². The Bertz CT molecular complexity index is 665. The number of rotatable bonds is 6. The van der Waals surface area contributed by atoms with Crippen molar-refractivity contribution < 1.29 is 4.42 Å². The maximum Gasteiger partial charge on any atom is 0.195 e. The maximum atomic E-state index is 5.28. The quantitative estimate of drug-likeness (QED) is 0.707. The lowest BCUT2D eigenvalue weighted by atomic mass is 10.4. The van der Waals surface area contributed by atoms with Gasteiger partial charge in [0, 0.05) is 18.0 Å². The van der Waals surface area contributed by atoms with Gasteiger partial charge in [-0.05, 0) is 24.3 Å². The van der Waals surface area contributed by atoms with Gasteiger partial charge in [0.05, 0.1) is 12.8 Å². The zero-order valence-electron chi connectivity index (χ0n) is 11.2. The third kappa shape index (κ3) is 3.02. The largest absolute Gasteiger partial charge is 0.468 e. The topological polar surface area (TPSA) is 55.4 Å². The van der Waals surface area contributed by atoms with E-state index in [9.17, 15) is 0 Å². The summed E-state index contributed by atoms with van der Waals surface area (Å²) < 4.78 is 7.29. The Morgan fingerprint density at radius 3 is 3.10 bits per heavy atom. The molecule has 0 fully saturated rings. The number of aromatic nitrogens is 3. The van der Waals surface area contributed by atoms with Crippen LogP contribution >= 0.6 is 11.8 Å². The average Bonchev–Trinajstić information content (AvgIpc) is 3.09. The lowest BCUT2D eigenvalue weighted by Gasteiger charge is -2.10. The first kappa shape index (κ1) is 13.2. The first-order valence-corrected chi connectivity index (χ1v) is 7.40. The van der Waals surface area contributed by atoms with Crippen molar-refractivity contribution in [1.29, 1.82) is 0 Å². The first-order valence-electron chi connectivity index (χ1n) is 6.52. The summed E-state index contributed by atoms with van der Waals surface area (Å²) >= 11 is 1.71. The Balaban J connectivity index is 1.54. The lowest BCUT2D eigenvalue weighted by molar-refractivity contribution is 0.484. The van der Waals surface area contributed by atoms with E-state index in [0.29, 0.717) is 5.25 Å². The van der Waals surface area contributed by atoms with Crippen molar-refractivity contribution in [2.45, 2.75) is 23.9 Å². The van der Waals surface area contributed by atoms with Gasteiger partial charge in [0.25, 0.3) is 0 Å². The van der Waals surface area contributed by atoms with E-state index in [1.54, 1.807) is 18.0 Å². The molecular weight excluding hydrogens is 272 g/mol. The van der Waals surface area contributed by atoms with Crippen LogP contribution in [0.1, 0.15) is 12.7 Å². The second-order valence-corrected chi connectivity index (χ2v) is 5.96. The van der Waals surface area contributed by atoms with E-state index in [4.69, 9.17) is 4.42 Å². The van der Waals surface area contributed by atoms with Crippen LogP contribution in [0, 0.1) is 0 Å². The molecule has 0 amide bonds. The van der Waals surface area contributed by atoms with E-state index < -0.39 is 0 Å². The first-order chi connectivity index (χ1) is 9.83. The van der Waals surface area contributed by atoms with Crippen LogP contribution in [0.2, 0.25) is 0 Å². The highest BCUT2D eigenvalue weighted by Gasteiger charge is 2.10. The highest BCUT2D eigenvalue weighted by molar-refractivity contribution is 7.99. The number of pyridine rings is 1. The summed E-state index contributed by atoms with van der Waals surface area (Å²) in [6.07, 6.45) is 3.68. The van der Waals surface area contributed by atoms with Gasteiger partial charge >= 0.3 is 0 Å². The van der Waals surface area contributed by atoms with Crippen molar-refractivity contribution >= 4 is 17.4 Å². The lowest BCUT2D eigenvalue weighted by Crippen LogP contribution is -2.22. The molecule has 0 bridgehead atoms. The predicted octanol–water partition coefficient (Wildman–Crippen LogP) is 2.59. The van der Waals surface area contributed by atoms with Crippen LogP contribution in [-0.4, -0.2) is 26.4 Å². The Morgan fingerprint density at radius 2 is 2.25 bits per heavy atom. The zero-order chi connectivity index (χ0) is 13.8. The van der Waals surface area contributed by atoms with Gasteiger partial charge in [-0.2, -0.15) is 0 Å². The summed E-state index contributed by atoms with van der Waals surface area (Å²) in [5.74, 6) is 0.954. The van der Waals surface area contributed by atoms with Crippen LogP contribution in [0.5, 0.6) is 0 Å². The molecule has 3 rings (SSSR count). The summed E-state index contributed by atoms with van der Waals surface area (Å²) in [6.45, 7) is 3.80. The van der Waals surface area contributed by atoms with Crippen molar-refractivity contribution in [3.05, 3.63) is 48.6 Å². The van der Waals surface area contributed by atoms with Gasteiger partial charge in [-0.1, -0.05) is 24.8 Å². The van der Waals surface area contributed by atoms with Crippen LogP contribution in [0.3, 0.4) is 0 Å². The Hall–Kier alpha value is -1.79. The number of nitrogens with one attached hydrogen (secondary N) is 1. The molecule has 1 N–H and O–H groups in total. The molecule has 0 saturated carbocycles. The molecule has 20 heavy (non-hydrogen) atoms. The highest BCUT2D eigenvalue weighted by Crippen LogP contribution is 2.21. The summed E-state index contributed by atoms with van der Waals surface area (Å²) in [5, 5.41) is 13.1. The minimum absolute atomic E-state index is 0.401. The molecule has 0 aliphatic carbocycles. The normalized spacial score (nSPS) is 12.8. The van der Waals surface area contributed by atoms with E-state index in [1.165, 1.54) is 0 Å². The van der Waals surface area contributed by atoms with Gasteiger partial charge in [0.2, 0.25) is 0 Å². The van der Waals surface area contributed by atoms with E-state index in [0.717, 1.165) is 29.7 Å². The fourth-order valence-electron chi connectivity index (χ4n) is 1.93. The second-order valence-electron chi connectivity index (χ2n) is 4.55. The number of hydrogen-bond acceptors (Lipinski definition) is 5. The van der Waals surface area contributed by atoms with Crippen molar-refractivity contribution in [3.8, 4) is 0 Å². The van der Waals surface area contributed by atoms with Gasteiger partial charge < -0.3 is 9.73 Å². The molecule has 0 aliphatic heterocycles. The Kier molecular flexibility index (Phi) is 4.03. The fourth-order valence-corrected chi connectivity index (χ4v) is 2.85. The molecule has 0 aromatic carbocycles. The van der Waals surface area contributed by atoms with Crippen LogP contribution < -0.4 is 5.32 Å². The third-order valence-electron chi connectivity index (χ3n) is 2.90. The standard InChI is InChI=1S/C14H16N4OS/c1-11(9-15-10-12-5-4-8-19-12)20-14-17-16-13-6-2-3-7-18(13)14/h2-8,11,15H,9-10H2,1H3. The molecule has 0 radical (unpaired) electrons. The number of thioether (sulfide) groups is 1. The Labute approximate surface area is 121 Å². The summed E-state index contributed by atoms with van der Waals surface area (Å²) in [6, 6.07) is 9.78. The van der Waals surface area contributed by atoms with Crippen molar-refractivity contribution in [3.63, 3.8) is 0 Å². The minimum Gasteiger partial charge on any atom is -0.468 e. The van der Waals surface area contributed by atoms with E-state index in [1.807, 2.05) is 40.9 Å². The van der Waals surface area contributed by atoms with Crippen molar-refractivity contribution in [2.75, 3.05) is 6.54 Å². The number of furan rings is 1. The number of nitrogens with zero attached hydrogens (tertiary/aromatic N) is 3. The van der Waals surface area contributed by atoms with Gasteiger partial charge in [-0.3, -0.25) is 4.40 Å². The number of hydrogen-bond donors (Lipinski definition) is 1. The van der Waals surface area contributed by atoms with E-state index in [-0.39, 0.29) is 0 Å². The molecule has 3 aromatic rings. The summed E-state index contributed by atoms with van der Waals surface area (Å²) in [4.78, 5) is 0. The van der Waals surface area contributed by atoms with Crippen LogP contribution in [0.25, 0.3) is 5.65 Å². The van der Waals surface area contributed by atoms with E-state index >= 15 is 0 Å². The van der Waals surface area contributed by atoms with Gasteiger partial charge in [-0.15, -0.1) is 10.2 Å². The molecule has 5 nitrogen and oxygen atoms in total. The molecule has 104 valence electrons. The van der Waals surface area contributed by atoms with Gasteiger partial charge in [-0.25, -0.2) is 0 Å². The molecule has 3 aromatic heterocycles. The third-order valence-corrected chi connectivity index (χ3v) is 3.96. The Morgan fingerprint density at radius 1 is 1.30 bits per heavy atom. The van der Waals surface area contributed by atoms with Crippen molar-refractivity contribution in [1.82, 2.24) is 19.9 Å². The summed E-state index contributed by atoms with van der Waals surface area (Å²) in [5.41, 5.74) is 0.880. The van der Waals surface area contributed by atoms with Crippen molar-refractivity contribution in [2.24, 2.45) is 0 Å². The molecule has 6 heteroatoms. The average molecular weight is 288 g/mol.